The molecule has 0 aliphatic carbocycles. The SMILES string of the molecule is CCC(C)(C)CC(=O)Sc1cc(C(=O)Cl)c(F)cc1Cl. The molecule has 0 saturated heterocycles. The maximum absolute atomic E-state index is 13.5. The summed E-state index contributed by atoms with van der Waals surface area (Å²) < 4.78 is 13.5. The Morgan fingerprint density at radius 2 is 1.95 bits per heavy atom. The molecule has 0 N–H and O–H groups in total. The molecule has 1 aromatic carbocycles. The van der Waals surface area contributed by atoms with Crippen LogP contribution in [0.3, 0.4) is 0 Å². The first-order valence-corrected chi connectivity index (χ1v) is 7.63. The van der Waals surface area contributed by atoms with Crippen molar-refractivity contribution >= 4 is 45.3 Å². The van der Waals surface area contributed by atoms with Crippen LogP contribution in [-0.4, -0.2) is 10.4 Å². The molecule has 6 heteroatoms. The number of carbonyl (C=O) groups excluding carboxylic acids is 2. The van der Waals surface area contributed by atoms with Gasteiger partial charge in [0.2, 0.25) is 0 Å². The molecule has 0 saturated carbocycles. The lowest BCUT2D eigenvalue weighted by atomic mass is 9.87. The van der Waals surface area contributed by atoms with Crippen LogP contribution in [0.4, 0.5) is 4.39 Å². The van der Waals surface area contributed by atoms with E-state index in [2.05, 4.69) is 0 Å². The van der Waals surface area contributed by atoms with Crippen LogP contribution < -0.4 is 0 Å². The molecule has 0 atom stereocenters. The third-order valence-corrected chi connectivity index (χ3v) is 4.60. The van der Waals surface area contributed by atoms with Gasteiger partial charge in [-0.25, -0.2) is 4.39 Å². The van der Waals surface area contributed by atoms with Gasteiger partial charge in [-0.1, -0.05) is 50.6 Å². The lowest BCUT2D eigenvalue weighted by Crippen LogP contribution is -2.14. The molecule has 110 valence electrons. The van der Waals surface area contributed by atoms with Gasteiger partial charge in [0.1, 0.15) is 5.82 Å². The molecule has 0 aliphatic rings. The van der Waals surface area contributed by atoms with E-state index in [1.54, 1.807) is 0 Å². The van der Waals surface area contributed by atoms with E-state index in [4.69, 9.17) is 23.2 Å². The smallest absolute Gasteiger partial charge is 0.255 e. The van der Waals surface area contributed by atoms with E-state index in [1.807, 2.05) is 20.8 Å². The fraction of sp³-hybridized carbons (Fsp3) is 0.429. The van der Waals surface area contributed by atoms with E-state index in [0.717, 1.165) is 24.2 Å². The molecule has 2 nitrogen and oxygen atoms in total. The predicted molar refractivity (Wildman–Crippen MR) is 81.1 cm³/mol. The number of halogens is 3. The lowest BCUT2D eigenvalue weighted by molar-refractivity contribution is -0.112. The highest BCUT2D eigenvalue weighted by atomic mass is 35.5. The van der Waals surface area contributed by atoms with Crippen molar-refractivity contribution < 1.29 is 14.0 Å². The summed E-state index contributed by atoms with van der Waals surface area (Å²) in [6, 6.07) is 2.21. The van der Waals surface area contributed by atoms with Gasteiger partial charge in [-0.15, -0.1) is 0 Å². The first-order chi connectivity index (χ1) is 9.16. The highest BCUT2D eigenvalue weighted by molar-refractivity contribution is 8.13. The molecule has 0 heterocycles. The Bertz CT molecular complexity index is 544. The number of hydrogen-bond donors (Lipinski definition) is 0. The van der Waals surface area contributed by atoms with Crippen LogP contribution in [-0.2, 0) is 4.79 Å². The van der Waals surface area contributed by atoms with Crippen molar-refractivity contribution in [3.8, 4) is 0 Å². The number of hydrogen-bond acceptors (Lipinski definition) is 3. The number of thioether (sulfide) groups is 1. The molecule has 0 aliphatic heterocycles. The van der Waals surface area contributed by atoms with Gasteiger partial charge in [0.05, 0.1) is 10.6 Å². The Morgan fingerprint density at radius 1 is 1.35 bits per heavy atom. The molecule has 0 unspecified atom stereocenters. The Labute approximate surface area is 132 Å². The average Bonchev–Trinajstić information content (AvgIpc) is 2.31. The summed E-state index contributed by atoms with van der Waals surface area (Å²) in [6.45, 7) is 5.99. The molecule has 0 fully saturated rings. The van der Waals surface area contributed by atoms with E-state index in [9.17, 15) is 14.0 Å². The van der Waals surface area contributed by atoms with Gasteiger partial charge >= 0.3 is 0 Å². The summed E-state index contributed by atoms with van der Waals surface area (Å²) in [7, 11) is 0. The largest absolute Gasteiger partial charge is 0.287 e. The summed E-state index contributed by atoms with van der Waals surface area (Å²) in [5.74, 6) is -0.791. The van der Waals surface area contributed by atoms with Crippen LogP contribution >= 0.6 is 35.0 Å². The van der Waals surface area contributed by atoms with Crippen molar-refractivity contribution in [2.75, 3.05) is 0 Å². The van der Waals surface area contributed by atoms with Gasteiger partial charge in [-0.3, -0.25) is 9.59 Å². The standard InChI is InChI=1S/C14H15Cl2FO2S/c1-4-14(2,3)7-12(18)20-11-5-8(13(16)19)10(17)6-9(11)15/h5-6H,4,7H2,1-3H3. The van der Waals surface area contributed by atoms with Crippen LogP contribution in [0.25, 0.3) is 0 Å². The number of rotatable bonds is 5. The maximum atomic E-state index is 13.5. The molecule has 0 spiro atoms. The van der Waals surface area contributed by atoms with E-state index in [1.165, 1.54) is 6.07 Å². The Morgan fingerprint density at radius 3 is 2.45 bits per heavy atom. The molecule has 0 amide bonds. The van der Waals surface area contributed by atoms with E-state index < -0.39 is 11.1 Å². The van der Waals surface area contributed by atoms with Gasteiger partial charge in [-0.05, 0) is 29.1 Å². The fourth-order valence-corrected chi connectivity index (χ4v) is 2.88. The van der Waals surface area contributed by atoms with Crippen LogP contribution in [0.15, 0.2) is 17.0 Å². The Balaban J connectivity index is 2.95. The first kappa shape index (κ1) is 17.5. The number of benzene rings is 1. The van der Waals surface area contributed by atoms with E-state index in [0.29, 0.717) is 11.3 Å². The Kier molecular flexibility index (Phi) is 6.05. The van der Waals surface area contributed by atoms with E-state index in [-0.39, 0.29) is 21.1 Å². The molecule has 20 heavy (non-hydrogen) atoms. The molecule has 1 aromatic rings. The van der Waals surface area contributed by atoms with Gasteiger partial charge in [0.15, 0.2) is 5.12 Å². The summed E-state index contributed by atoms with van der Waals surface area (Å²) >= 11 is 12.1. The summed E-state index contributed by atoms with van der Waals surface area (Å²) in [6.07, 6.45) is 1.23. The number of carbonyl (C=O) groups is 2. The zero-order valence-corrected chi connectivity index (χ0v) is 13.8. The second-order valence-corrected chi connectivity index (χ2v) is 7.05. The minimum atomic E-state index is -0.914. The maximum Gasteiger partial charge on any atom is 0.255 e. The van der Waals surface area contributed by atoms with Gasteiger partial charge in [0.25, 0.3) is 5.24 Å². The van der Waals surface area contributed by atoms with Crippen LogP contribution in [0.5, 0.6) is 0 Å². The second kappa shape index (κ2) is 6.92. The Hall–Kier alpha value is -0.580. The molecule has 0 radical (unpaired) electrons. The zero-order valence-electron chi connectivity index (χ0n) is 11.4. The van der Waals surface area contributed by atoms with Crippen molar-refractivity contribution in [1.29, 1.82) is 0 Å². The second-order valence-electron chi connectivity index (χ2n) is 5.20. The van der Waals surface area contributed by atoms with Gasteiger partial charge in [0, 0.05) is 11.3 Å². The third-order valence-electron chi connectivity index (χ3n) is 3.04. The van der Waals surface area contributed by atoms with Gasteiger partial charge in [-0.2, -0.15) is 0 Å². The summed E-state index contributed by atoms with van der Waals surface area (Å²) in [5, 5.41) is -0.905. The van der Waals surface area contributed by atoms with Crippen LogP contribution in [0.2, 0.25) is 5.02 Å². The fourth-order valence-electron chi connectivity index (χ4n) is 1.43. The molecule has 1 rings (SSSR count). The van der Waals surface area contributed by atoms with Crippen molar-refractivity contribution in [1.82, 2.24) is 0 Å². The average molecular weight is 337 g/mol. The first-order valence-electron chi connectivity index (χ1n) is 6.06. The van der Waals surface area contributed by atoms with Crippen molar-refractivity contribution in [3.63, 3.8) is 0 Å². The van der Waals surface area contributed by atoms with Crippen molar-refractivity contribution in [3.05, 3.63) is 28.5 Å². The van der Waals surface area contributed by atoms with Crippen LogP contribution in [0.1, 0.15) is 44.0 Å². The normalized spacial score (nSPS) is 11.5. The molecular formula is C14H15Cl2FO2S. The monoisotopic (exact) mass is 336 g/mol. The quantitative estimate of drug-likeness (QED) is 0.540. The van der Waals surface area contributed by atoms with Crippen LogP contribution in [0, 0.1) is 11.2 Å². The highest BCUT2D eigenvalue weighted by Gasteiger charge is 2.22. The van der Waals surface area contributed by atoms with Crippen molar-refractivity contribution in [2.24, 2.45) is 5.41 Å². The summed E-state index contributed by atoms with van der Waals surface area (Å²) in [4.78, 5) is 23.4. The lowest BCUT2D eigenvalue weighted by Gasteiger charge is -2.21. The topological polar surface area (TPSA) is 34.1 Å². The molecular weight excluding hydrogens is 322 g/mol. The highest BCUT2D eigenvalue weighted by Crippen LogP contribution is 2.35. The predicted octanol–water partition coefficient (Wildman–Crippen LogP) is 5.30. The van der Waals surface area contributed by atoms with Crippen molar-refractivity contribution in [2.45, 2.75) is 38.5 Å². The van der Waals surface area contributed by atoms with Gasteiger partial charge < -0.3 is 0 Å². The zero-order chi connectivity index (χ0) is 15.5. The molecule has 0 aromatic heterocycles. The molecule has 0 bridgehead atoms. The third kappa shape index (κ3) is 4.76. The summed E-state index contributed by atoms with van der Waals surface area (Å²) in [5.41, 5.74) is -0.386. The minimum absolute atomic E-state index is 0.0849. The minimum Gasteiger partial charge on any atom is -0.287 e. The van der Waals surface area contributed by atoms with E-state index >= 15 is 0 Å².